The highest BCUT2D eigenvalue weighted by atomic mass is 35.5. The smallest absolute Gasteiger partial charge is 0.272 e. The van der Waals surface area contributed by atoms with Gasteiger partial charge in [-0.3, -0.25) is 14.9 Å². The molecule has 26 heavy (non-hydrogen) atoms. The third-order valence-electron chi connectivity index (χ3n) is 5.22. The summed E-state index contributed by atoms with van der Waals surface area (Å²) < 4.78 is 0. The quantitative estimate of drug-likeness (QED) is 0.753. The molecule has 1 saturated heterocycles. The van der Waals surface area contributed by atoms with Gasteiger partial charge in [0.1, 0.15) is 0 Å². The maximum Gasteiger partial charge on any atom is 0.272 e. The van der Waals surface area contributed by atoms with E-state index in [1.54, 1.807) is 0 Å². The fourth-order valence-electron chi connectivity index (χ4n) is 3.68. The molecule has 2 aliphatic heterocycles. The fraction of sp³-hybridized carbons (Fsp3) is 0.500. The first-order valence-electron chi connectivity index (χ1n) is 9.01. The van der Waals surface area contributed by atoms with Crippen molar-refractivity contribution in [2.75, 3.05) is 31.1 Å². The molecule has 8 heteroatoms. The number of piperidine rings is 1. The number of nitrogens with zero attached hydrogens (tertiary/aromatic N) is 3. The maximum absolute atomic E-state index is 12.5. The van der Waals surface area contributed by atoms with E-state index in [2.05, 4.69) is 42.8 Å². The first-order valence-corrected chi connectivity index (χ1v) is 9.01. The van der Waals surface area contributed by atoms with E-state index >= 15 is 0 Å². The Kier molecular flexibility index (Phi) is 6.11. The van der Waals surface area contributed by atoms with Crippen LogP contribution < -0.4 is 15.5 Å². The minimum atomic E-state index is -0.0576. The lowest BCUT2D eigenvalue weighted by molar-refractivity contribution is 0.0938. The van der Waals surface area contributed by atoms with E-state index < -0.39 is 0 Å². The number of hydrogen-bond donors (Lipinski definition) is 3. The number of halogens is 1. The molecule has 140 valence electrons. The van der Waals surface area contributed by atoms with Crippen LogP contribution in [0.15, 0.2) is 24.5 Å². The lowest BCUT2D eigenvalue weighted by Gasteiger charge is -2.33. The van der Waals surface area contributed by atoms with Gasteiger partial charge in [-0.15, -0.1) is 12.4 Å². The first-order chi connectivity index (χ1) is 12.3. The summed E-state index contributed by atoms with van der Waals surface area (Å²) >= 11 is 0. The zero-order valence-corrected chi connectivity index (χ0v) is 15.5. The highest BCUT2D eigenvalue weighted by Crippen LogP contribution is 2.22. The molecule has 4 rings (SSSR count). The van der Waals surface area contributed by atoms with Gasteiger partial charge < -0.3 is 15.5 Å². The van der Waals surface area contributed by atoms with Crippen molar-refractivity contribution >= 4 is 24.0 Å². The van der Waals surface area contributed by atoms with Gasteiger partial charge in [-0.05, 0) is 30.9 Å². The largest absolute Gasteiger partial charge is 0.371 e. The molecule has 0 bridgehead atoms. The van der Waals surface area contributed by atoms with Crippen molar-refractivity contribution in [1.82, 2.24) is 25.8 Å². The summed E-state index contributed by atoms with van der Waals surface area (Å²) in [5.74, 6) is 0.465. The van der Waals surface area contributed by atoms with Gasteiger partial charge >= 0.3 is 0 Å². The van der Waals surface area contributed by atoms with Gasteiger partial charge in [0.05, 0.1) is 0 Å². The Morgan fingerprint density at radius 2 is 2.04 bits per heavy atom. The van der Waals surface area contributed by atoms with Crippen LogP contribution in [0.5, 0.6) is 0 Å². The van der Waals surface area contributed by atoms with E-state index in [-0.39, 0.29) is 18.3 Å². The maximum atomic E-state index is 12.5. The number of amides is 1. The Hall–Kier alpha value is -2.12. The SMILES string of the molecule is Cl.O=C(NCC1CCN(c2ccncc2)CC1)c1n[nH]c2c1CNCC2. The normalized spacial score (nSPS) is 17.3. The number of rotatable bonds is 4. The predicted molar refractivity (Wildman–Crippen MR) is 103 cm³/mol. The number of anilines is 1. The Bertz CT molecular complexity index is 727. The van der Waals surface area contributed by atoms with Crippen LogP contribution in [0.2, 0.25) is 0 Å². The molecule has 0 aromatic carbocycles. The number of aromatic amines is 1. The second kappa shape index (κ2) is 8.51. The third-order valence-corrected chi connectivity index (χ3v) is 5.22. The molecule has 0 aliphatic carbocycles. The molecule has 4 heterocycles. The van der Waals surface area contributed by atoms with Crippen LogP contribution in [-0.4, -0.2) is 47.3 Å². The topological polar surface area (TPSA) is 85.9 Å². The van der Waals surface area contributed by atoms with Gasteiger partial charge in [0, 0.05) is 68.5 Å². The van der Waals surface area contributed by atoms with Gasteiger partial charge in [-0.25, -0.2) is 0 Å². The van der Waals surface area contributed by atoms with E-state index in [4.69, 9.17) is 0 Å². The van der Waals surface area contributed by atoms with Crippen LogP contribution >= 0.6 is 12.4 Å². The molecule has 1 amide bonds. The molecule has 0 atom stereocenters. The Morgan fingerprint density at radius 1 is 1.27 bits per heavy atom. The molecule has 1 fully saturated rings. The lowest BCUT2D eigenvalue weighted by Crippen LogP contribution is -2.39. The number of fused-ring (bicyclic) bond motifs is 1. The summed E-state index contributed by atoms with van der Waals surface area (Å²) in [6, 6.07) is 4.10. The number of H-pyrrole nitrogens is 1. The molecule has 2 aromatic rings. The number of pyridine rings is 1. The molecular formula is C18H25ClN6O. The number of hydrogen-bond acceptors (Lipinski definition) is 5. The van der Waals surface area contributed by atoms with Crippen LogP contribution in [0.3, 0.4) is 0 Å². The van der Waals surface area contributed by atoms with Gasteiger partial charge in [-0.1, -0.05) is 0 Å². The van der Waals surface area contributed by atoms with Crippen molar-refractivity contribution in [3.8, 4) is 0 Å². The van der Waals surface area contributed by atoms with Crippen molar-refractivity contribution in [3.63, 3.8) is 0 Å². The Labute approximate surface area is 159 Å². The van der Waals surface area contributed by atoms with E-state index in [9.17, 15) is 4.79 Å². The second-order valence-corrected chi connectivity index (χ2v) is 6.80. The average molecular weight is 377 g/mol. The summed E-state index contributed by atoms with van der Waals surface area (Å²) in [5, 5.41) is 13.6. The minimum absolute atomic E-state index is 0. The van der Waals surface area contributed by atoms with Crippen LogP contribution in [0.4, 0.5) is 5.69 Å². The summed E-state index contributed by atoms with van der Waals surface area (Å²) in [6.07, 6.45) is 6.75. The number of nitrogens with one attached hydrogen (secondary N) is 3. The molecule has 0 spiro atoms. The summed E-state index contributed by atoms with van der Waals surface area (Å²) in [5.41, 5.74) is 3.90. The van der Waals surface area contributed by atoms with Crippen molar-refractivity contribution < 1.29 is 4.79 Å². The van der Waals surface area contributed by atoms with Crippen molar-refractivity contribution in [2.45, 2.75) is 25.8 Å². The van der Waals surface area contributed by atoms with E-state index in [1.807, 2.05) is 12.4 Å². The standard InChI is InChI=1S/C18H24N6O.ClH/c25-18(17-15-12-20-8-3-16(15)22-23-17)21-11-13-4-9-24(10-5-13)14-1-6-19-7-2-14;/h1-2,6-7,13,20H,3-5,8-12H2,(H,21,25)(H,22,23);1H. The van der Waals surface area contributed by atoms with Gasteiger partial charge in [0.25, 0.3) is 5.91 Å². The second-order valence-electron chi connectivity index (χ2n) is 6.80. The zero-order chi connectivity index (χ0) is 17.1. The van der Waals surface area contributed by atoms with E-state index in [0.717, 1.165) is 63.2 Å². The monoisotopic (exact) mass is 376 g/mol. The van der Waals surface area contributed by atoms with Crippen LogP contribution in [-0.2, 0) is 13.0 Å². The van der Waals surface area contributed by atoms with Crippen LogP contribution in [0, 0.1) is 5.92 Å². The summed E-state index contributed by atoms with van der Waals surface area (Å²) in [7, 11) is 0. The van der Waals surface area contributed by atoms with Gasteiger partial charge in [0.2, 0.25) is 0 Å². The fourth-order valence-corrected chi connectivity index (χ4v) is 3.68. The van der Waals surface area contributed by atoms with E-state index in [0.29, 0.717) is 11.6 Å². The van der Waals surface area contributed by atoms with Gasteiger partial charge in [-0.2, -0.15) is 5.10 Å². The lowest BCUT2D eigenvalue weighted by atomic mass is 9.96. The van der Waals surface area contributed by atoms with Crippen molar-refractivity contribution in [1.29, 1.82) is 0 Å². The molecule has 7 nitrogen and oxygen atoms in total. The molecule has 3 N–H and O–H groups in total. The van der Waals surface area contributed by atoms with Crippen molar-refractivity contribution in [2.24, 2.45) is 5.92 Å². The molecule has 0 saturated carbocycles. The third kappa shape index (κ3) is 3.99. The summed E-state index contributed by atoms with van der Waals surface area (Å²) in [6.45, 7) is 4.42. The molecular weight excluding hydrogens is 352 g/mol. The predicted octanol–water partition coefficient (Wildman–Crippen LogP) is 1.52. The van der Waals surface area contributed by atoms with E-state index in [1.165, 1.54) is 5.69 Å². The van der Waals surface area contributed by atoms with Crippen LogP contribution in [0.1, 0.15) is 34.6 Å². The number of aromatic nitrogens is 3. The Morgan fingerprint density at radius 3 is 2.81 bits per heavy atom. The highest BCUT2D eigenvalue weighted by Gasteiger charge is 2.23. The highest BCUT2D eigenvalue weighted by molar-refractivity contribution is 5.94. The first kappa shape index (κ1) is 18.7. The van der Waals surface area contributed by atoms with Gasteiger partial charge in [0.15, 0.2) is 5.69 Å². The number of carbonyl (C=O) groups is 1. The van der Waals surface area contributed by atoms with Crippen LogP contribution in [0.25, 0.3) is 0 Å². The molecule has 0 unspecified atom stereocenters. The minimum Gasteiger partial charge on any atom is -0.371 e. The average Bonchev–Trinajstić information content (AvgIpc) is 3.11. The molecule has 0 radical (unpaired) electrons. The molecule has 2 aliphatic rings. The number of carbonyl (C=O) groups excluding carboxylic acids is 1. The zero-order valence-electron chi connectivity index (χ0n) is 14.7. The molecule has 2 aromatic heterocycles. The van der Waals surface area contributed by atoms with Crippen molar-refractivity contribution in [3.05, 3.63) is 41.5 Å². The summed E-state index contributed by atoms with van der Waals surface area (Å²) in [4.78, 5) is 18.9. The Balaban J connectivity index is 0.00000196.